The van der Waals surface area contributed by atoms with Crippen molar-refractivity contribution in [2.45, 2.75) is 12.8 Å². The van der Waals surface area contributed by atoms with Crippen molar-refractivity contribution < 1.29 is 0 Å². The van der Waals surface area contributed by atoms with Crippen molar-refractivity contribution in [3.8, 4) is 11.4 Å². The molecule has 0 amide bonds. The molecule has 3 aromatic rings. The molecule has 0 fully saturated rings. The first-order valence-corrected chi connectivity index (χ1v) is 6.12. The quantitative estimate of drug-likeness (QED) is 0.770. The first-order chi connectivity index (χ1) is 9.42. The molecule has 0 saturated carbocycles. The third-order valence-electron chi connectivity index (χ3n) is 2.84. The van der Waals surface area contributed by atoms with Crippen LogP contribution in [0.5, 0.6) is 0 Å². The van der Waals surface area contributed by atoms with Gasteiger partial charge in [-0.05, 0) is 12.0 Å². The maximum absolute atomic E-state index is 4.45. The van der Waals surface area contributed by atoms with Crippen LogP contribution in [0.15, 0.2) is 49.1 Å². The lowest BCUT2D eigenvalue weighted by atomic mass is 10.1. The Morgan fingerprint density at radius 1 is 0.947 bits per heavy atom. The van der Waals surface area contributed by atoms with Crippen LogP contribution in [0.2, 0.25) is 0 Å². The van der Waals surface area contributed by atoms with Crippen LogP contribution in [-0.2, 0) is 12.8 Å². The Kier molecular flexibility index (Phi) is 3.27. The van der Waals surface area contributed by atoms with Gasteiger partial charge in [-0.3, -0.25) is 5.10 Å². The Labute approximate surface area is 110 Å². The van der Waals surface area contributed by atoms with Crippen molar-refractivity contribution >= 4 is 0 Å². The minimum atomic E-state index is 0.642. The van der Waals surface area contributed by atoms with E-state index in [1.54, 1.807) is 12.4 Å². The summed E-state index contributed by atoms with van der Waals surface area (Å²) in [7, 11) is 0. The third-order valence-corrected chi connectivity index (χ3v) is 2.84. The zero-order chi connectivity index (χ0) is 12.9. The minimum Gasteiger partial charge on any atom is -0.263 e. The predicted molar refractivity (Wildman–Crippen MR) is 71.3 cm³/mol. The molecule has 0 spiro atoms. The number of nitrogens with zero attached hydrogens (tertiary/aromatic N) is 4. The van der Waals surface area contributed by atoms with Crippen LogP contribution in [0.25, 0.3) is 11.4 Å². The molecule has 1 N–H and O–H groups in total. The molecule has 3 rings (SSSR count). The summed E-state index contributed by atoms with van der Waals surface area (Å²) in [5, 5.41) is 7.14. The molecule has 2 aromatic heterocycles. The lowest BCUT2D eigenvalue weighted by Crippen LogP contribution is -1.93. The van der Waals surface area contributed by atoms with Crippen molar-refractivity contribution in [1.29, 1.82) is 0 Å². The molecule has 0 saturated heterocycles. The monoisotopic (exact) mass is 251 g/mol. The number of H-pyrrole nitrogens is 1. The van der Waals surface area contributed by atoms with Gasteiger partial charge in [0.05, 0.1) is 5.56 Å². The number of aromatic nitrogens is 5. The third kappa shape index (κ3) is 2.82. The van der Waals surface area contributed by atoms with E-state index < -0.39 is 0 Å². The summed E-state index contributed by atoms with van der Waals surface area (Å²) in [5.74, 6) is 1.52. The van der Waals surface area contributed by atoms with E-state index in [-0.39, 0.29) is 0 Å². The van der Waals surface area contributed by atoms with Crippen molar-refractivity contribution in [2.24, 2.45) is 0 Å². The Hall–Kier alpha value is -2.56. The number of benzene rings is 1. The highest BCUT2D eigenvalue weighted by molar-refractivity contribution is 5.50. The lowest BCUT2D eigenvalue weighted by molar-refractivity contribution is 0.865. The molecule has 0 radical (unpaired) electrons. The molecule has 19 heavy (non-hydrogen) atoms. The van der Waals surface area contributed by atoms with Gasteiger partial charge < -0.3 is 0 Å². The Morgan fingerprint density at radius 2 is 1.74 bits per heavy atom. The number of nitrogens with one attached hydrogen (secondary N) is 1. The van der Waals surface area contributed by atoms with E-state index in [0.29, 0.717) is 5.82 Å². The molecule has 5 heteroatoms. The van der Waals surface area contributed by atoms with Crippen molar-refractivity contribution in [3.05, 3.63) is 60.4 Å². The van der Waals surface area contributed by atoms with Crippen LogP contribution >= 0.6 is 0 Å². The van der Waals surface area contributed by atoms with Gasteiger partial charge in [-0.25, -0.2) is 15.0 Å². The van der Waals surface area contributed by atoms with E-state index in [1.807, 2.05) is 18.2 Å². The number of aromatic amines is 1. The van der Waals surface area contributed by atoms with Crippen LogP contribution in [-0.4, -0.2) is 25.1 Å². The summed E-state index contributed by atoms with van der Waals surface area (Å²) in [4.78, 5) is 12.4. The number of rotatable bonds is 4. The second-order valence-corrected chi connectivity index (χ2v) is 4.22. The fourth-order valence-electron chi connectivity index (χ4n) is 1.86. The van der Waals surface area contributed by atoms with Crippen LogP contribution < -0.4 is 0 Å². The Morgan fingerprint density at radius 3 is 2.53 bits per heavy atom. The SMILES string of the molecule is c1ccc(CCc2nc(-c3cncnc3)n[nH]2)cc1. The average Bonchev–Trinajstić information content (AvgIpc) is 2.96. The first kappa shape index (κ1) is 11.5. The molecule has 0 aliphatic heterocycles. The Balaban J connectivity index is 1.69. The van der Waals surface area contributed by atoms with Gasteiger partial charge in [0.15, 0.2) is 5.82 Å². The van der Waals surface area contributed by atoms with Crippen molar-refractivity contribution in [2.75, 3.05) is 0 Å². The fourth-order valence-corrected chi connectivity index (χ4v) is 1.86. The lowest BCUT2D eigenvalue weighted by Gasteiger charge is -1.97. The zero-order valence-corrected chi connectivity index (χ0v) is 10.3. The highest BCUT2D eigenvalue weighted by Gasteiger charge is 2.06. The van der Waals surface area contributed by atoms with Crippen LogP contribution in [0, 0.1) is 0 Å². The molecule has 0 bridgehead atoms. The van der Waals surface area contributed by atoms with Crippen LogP contribution in [0.4, 0.5) is 0 Å². The van der Waals surface area contributed by atoms with E-state index >= 15 is 0 Å². The molecule has 0 atom stereocenters. The predicted octanol–water partition coefficient (Wildman–Crippen LogP) is 2.05. The van der Waals surface area contributed by atoms with Crippen LogP contribution in [0.1, 0.15) is 11.4 Å². The molecule has 2 heterocycles. The molecular weight excluding hydrogens is 238 g/mol. The first-order valence-electron chi connectivity index (χ1n) is 6.12. The van der Waals surface area contributed by atoms with Gasteiger partial charge >= 0.3 is 0 Å². The average molecular weight is 251 g/mol. The fraction of sp³-hybridized carbons (Fsp3) is 0.143. The van der Waals surface area contributed by atoms with Gasteiger partial charge in [0.2, 0.25) is 0 Å². The van der Waals surface area contributed by atoms with Gasteiger partial charge in [0.25, 0.3) is 0 Å². The number of hydrogen-bond donors (Lipinski definition) is 1. The molecule has 1 aromatic carbocycles. The zero-order valence-electron chi connectivity index (χ0n) is 10.3. The van der Waals surface area contributed by atoms with E-state index in [1.165, 1.54) is 11.9 Å². The second kappa shape index (κ2) is 5.39. The van der Waals surface area contributed by atoms with E-state index in [4.69, 9.17) is 0 Å². The number of aryl methyl sites for hydroxylation is 2. The highest BCUT2D eigenvalue weighted by atomic mass is 15.2. The van der Waals surface area contributed by atoms with Crippen molar-refractivity contribution in [3.63, 3.8) is 0 Å². The summed E-state index contributed by atoms with van der Waals surface area (Å²) >= 11 is 0. The van der Waals surface area contributed by atoms with Crippen molar-refractivity contribution in [1.82, 2.24) is 25.1 Å². The van der Waals surface area contributed by atoms with E-state index in [2.05, 4.69) is 37.3 Å². The highest BCUT2D eigenvalue weighted by Crippen LogP contribution is 2.12. The van der Waals surface area contributed by atoms with Gasteiger partial charge in [-0.1, -0.05) is 30.3 Å². The van der Waals surface area contributed by atoms with Gasteiger partial charge in [0.1, 0.15) is 12.2 Å². The van der Waals surface area contributed by atoms with Gasteiger partial charge in [-0.15, -0.1) is 0 Å². The standard InChI is InChI=1S/C14H13N5/c1-2-4-11(5-3-1)6-7-13-17-14(19-18-13)12-8-15-10-16-9-12/h1-5,8-10H,6-7H2,(H,17,18,19). The topological polar surface area (TPSA) is 67.3 Å². The van der Waals surface area contributed by atoms with Gasteiger partial charge in [0, 0.05) is 18.8 Å². The van der Waals surface area contributed by atoms with E-state index in [0.717, 1.165) is 24.2 Å². The number of hydrogen-bond acceptors (Lipinski definition) is 4. The summed E-state index contributed by atoms with van der Waals surface area (Å²) in [5.41, 5.74) is 2.12. The maximum atomic E-state index is 4.45. The molecule has 5 nitrogen and oxygen atoms in total. The smallest absolute Gasteiger partial charge is 0.184 e. The normalized spacial score (nSPS) is 10.5. The molecular formula is C14H13N5. The minimum absolute atomic E-state index is 0.642. The van der Waals surface area contributed by atoms with E-state index in [9.17, 15) is 0 Å². The summed E-state index contributed by atoms with van der Waals surface area (Å²) in [6.07, 6.45) is 6.69. The van der Waals surface area contributed by atoms with Gasteiger partial charge in [-0.2, -0.15) is 5.10 Å². The Bertz CT molecular complexity index is 633. The largest absolute Gasteiger partial charge is 0.263 e. The maximum Gasteiger partial charge on any atom is 0.184 e. The molecule has 0 aliphatic carbocycles. The molecule has 94 valence electrons. The van der Waals surface area contributed by atoms with Crippen LogP contribution in [0.3, 0.4) is 0 Å². The molecule has 0 unspecified atom stereocenters. The summed E-state index contributed by atoms with van der Waals surface area (Å²) in [6.45, 7) is 0. The summed E-state index contributed by atoms with van der Waals surface area (Å²) < 4.78 is 0. The second-order valence-electron chi connectivity index (χ2n) is 4.22. The molecule has 0 aliphatic rings. The summed E-state index contributed by atoms with van der Waals surface area (Å²) in [6, 6.07) is 10.3.